The predicted octanol–water partition coefficient (Wildman–Crippen LogP) is 2.49. The molecule has 0 spiro atoms. The molecule has 1 aromatic rings. The summed E-state index contributed by atoms with van der Waals surface area (Å²) in [5, 5.41) is 0. The number of alkyl halides is 1. The van der Waals surface area contributed by atoms with Crippen LogP contribution in [0, 0.1) is 0 Å². The zero-order chi connectivity index (χ0) is 9.42. The van der Waals surface area contributed by atoms with Crippen molar-refractivity contribution >= 4 is 17.5 Å². The van der Waals surface area contributed by atoms with E-state index in [1.165, 1.54) is 11.8 Å². The van der Waals surface area contributed by atoms with Gasteiger partial charge in [0.25, 0.3) is 0 Å². The van der Waals surface area contributed by atoms with Crippen LogP contribution in [-0.2, 0) is 6.42 Å². The molecule has 3 heteroatoms. The van der Waals surface area contributed by atoms with E-state index in [2.05, 4.69) is 0 Å². The summed E-state index contributed by atoms with van der Waals surface area (Å²) in [6.45, 7) is 0. The van der Waals surface area contributed by atoms with Crippen molar-refractivity contribution in [1.82, 2.24) is 0 Å². The second-order valence-corrected chi connectivity index (χ2v) is 3.88. The van der Waals surface area contributed by atoms with Crippen LogP contribution in [0.25, 0.3) is 0 Å². The number of rotatable bonds is 1. The maximum absolute atomic E-state index is 13.1. The van der Waals surface area contributed by atoms with Crippen LogP contribution in [0.5, 0.6) is 0 Å². The van der Waals surface area contributed by atoms with Gasteiger partial charge in [-0.05, 0) is 17.9 Å². The van der Waals surface area contributed by atoms with Gasteiger partial charge >= 0.3 is 0 Å². The third kappa shape index (κ3) is 1.27. The summed E-state index contributed by atoms with van der Waals surface area (Å²) in [6.07, 6.45) is 0.833. The molecule has 1 unspecified atom stereocenters. The first kappa shape index (κ1) is 8.75. The third-order valence-corrected chi connectivity index (χ3v) is 3.04. The van der Waals surface area contributed by atoms with Crippen LogP contribution >= 0.6 is 11.8 Å². The Morgan fingerprint density at radius 2 is 2.31 bits per heavy atom. The Kier molecular flexibility index (Phi) is 2.12. The number of carbonyl (C=O) groups is 1. The molecule has 1 atom stereocenters. The molecule has 13 heavy (non-hydrogen) atoms. The van der Waals surface area contributed by atoms with Gasteiger partial charge in [0.2, 0.25) is 0 Å². The summed E-state index contributed by atoms with van der Waals surface area (Å²) in [5.41, 5.74) is 1.45. The first-order valence-corrected chi connectivity index (χ1v) is 5.30. The zero-order valence-corrected chi connectivity index (χ0v) is 8.03. The Morgan fingerprint density at radius 1 is 1.54 bits per heavy atom. The van der Waals surface area contributed by atoms with E-state index in [0.717, 1.165) is 10.5 Å². The topological polar surface area (TPSA) is 17.1 Å². The van der Waals surface area contributed by atoms with E-state index in [1.54, 1.807) is 0 Å². The smallest absolute Gasteiger partial charge is 0.198 e. The van der Waals surface area contributed by atoms with Crippen LogP contribution in [0.2, 0.25) is 0 Å². The third-order valence-electron chi connectivity index (χ3n) is 2.26. The summed E-state index contributed by atoms with van der Waals surface area (Å²) in [5.74, 6) is -0.347. The van der Waals surface area contributed by atoms with Gasteiger partial charge < -0.3 is 0 Å². The van der Waals surface area contributed by atoms with Crippen molar-refractivity contribution in [3.63, 3.8) is 0 Å². The van der Waals surface area contributed by atoms with E-state index in [0.29, 0.717) is 5.56 Å². The maximum atomic E-state index is 13.1. The molecule has 0 aliphatic heterocycles. The zero-order valence-electron chi connectivity index (χ0n) is 7.21. The first-order chi connectivity index (χ1) is 6.24. The number of Topliss-reactive ketones (excluding diaryl/α,β-unsaturated/α-hetero) is 1. The maximum Gasteiger partial charge on any atom is 0.198 e. The number of carbonyl (C=O) groups excluding carboxylic acids is 1. The number of fused-ring (bicyclic) bond motifs is 1. The molecule has 1 aliphatic carbocycles. The Balaban J connectivity index is 2.58. The molecular formula is C10H9FOS. The Morgan fingerprint density at radius 3 is 3.00 bits per heavy atom. The van der Waals surface area contributed by atoms with Crippen molar-refractivity contribution in [2.75, 3.05) is 6.26 Å². The fourth-order valence-electron chi connectivity index (χ4n) is 1.64. The van der Waals surface area contributed by atoms with Crippen molar-refractivity contribution < 1.29 is 9.18 Å². The van der Waals surface area contributed by atoms with Gasteiger partial charge in [-0.1, -0.05) is 12.1 Å². The monoisotopic (exact) mass is 196 g/mol. The van der Waals surface area contributed by atoms with Crippen LogP contribution in [-0.4, -0.2) is 18.2 Å². The van der Waals surface area contributed by atoms with Crippen LogP contribution in [0.1, 0.15) is 15.9 Å². The van der Waals surface area contributed by atoms with Gasteiger partial charge in [-0.25, -0.2) is 4.39 Å². The molecule has 0 saturated heterocycles. The van der Waals surface area contributed by atoms with Crippen molar-refractivity contribution in [2.45, 2.75) is 17.5 Å². The minimum atomic E-state index is -1.32. The number of benzene rings is 1. The summed E-state index contributed by atoms with van der Waals surface area (Å²) >= 11 is 1.49. The largest absolute Gasteiger partial charge is 0.291 e. The van der Waals surface area contributed by atoms with Crippen molar-refractivity contribution in [2.24, 2.45) is 0 Å². The van der Waals surface area contributed by atoms with E-state index in [-0.39, 0.29) is 12.2 Å². The van der Waals surface area contributed by atoms with Crippen LogP contribution in [0.15, 0.2) is 23.1 Å². The number of ketones is 1. The molecule has 0 bridgehead atoms. The number of thioether (sulfide) groups is 1. The lowest BCUT2D eigenvalue weighted by Crippen LogP contribution is -2.08. The molecule has 0 N–H and O–H groups in total. The normalized spacial score (nSPS) is 20.5. The van der Waals surface area contributed by atoms with Crippen LogP contribution < -0.4 is 0 Å². The molecule has 68 valence electrons. The Bertz CT molecular complexity index is 362. The molecule has 1 aromatic carbocycles. The minimum absolute atomic E-state index is 0.253. The fraction of sp³-hybridized carbons (Fsp3) is 0.300. The summed E-state index contributed by atoms with van der Waals surface area (Å²) in [7, 11) is 0. The highest BCUT2D eigenvalue weighted by Gasteiger charge is 2.31. The minimum Gasteiger partial charge on any atom is -0.291 e. The van der Waals surface area contributed by atoms with Crippen LogP contribution in [0.4, 0.5) is 4.39 Å². The Hall–Kier alpha value is -0.830. The fourth-order valence-corrected chi connectivity index (χ4v) is 2.29. The first-order valence-electron chi connectivity index (χ1n) is 4.08. The standard InChI is InChI=1S/C10H9FOS/c1-13-8-4-2-3-6-5-7(11)10(12)9(6)8/h2-4,7H,5H2,1H3. The highest BCUT2D eigenvalue weighted by atomic mass is 32.2. The average molecular weight is 196 g/mol. The quantitative estimate of drug-likeness (QED) is 0.642. The lowest BCUT2D eigenvalue weighted by molar-refractivity contribution is 0.0896. The van der Waals surface area contributed by atoms with E-state index in [1.807, 2.05) is 24.5 Å². The van der Waals surface area contributed by atoms with Crippen molar-refractivity contribution in [1.29, 1.82) is 0 Å². The molecule has 0 heterocycles. The highest BCUT2D eigenvalue weighted by molar-refractivity contribution is 7.98. The SMILES string of the molecule is CSc1cccc2c1C(=O)C(F)C2. The molecule has 1 aliphatic rings. The van der Waals surface area contributed by atoms with Gasteiger partial charge in [0, 0.05) is 16.9 Å². The van der Waals surface area contributed by atoms with E-state index in [4.69, 9.17) is 0 Å². The van der Waals surface area contributed by atoms with Gasteiger partial charge in [0.05, 0.1) is 0 Å². The summed E-state index contributed by atoms with van der Waals surface area (Å²) in [6, 6.07) is 5.56. The van der Waals surface area contributed by atoms with Gasteiger partial charge in [-0.2, -0.15) is 0 Å². The second-order valence-electron chi connectivity index (χ2n) is 3.03. The number of hydrogen-bond donors (Lipinski definition) is 0. The van der Waals surface area contributed by atoms with E-state index >= 15 is 0 Å². The molecule has 0 radical (unpaired) electrons. The molecule has 0 saturated carbocycles. The van der Waals surface area contributed by atoms with Crippen LogP contribution in [0.3, 0.4) is 0 Å². The lowest BCUT2D eigenvalue weighted by Gasteiger charge is -2.02. The van der Waals surface area contributed by atoms with Gasteiger partial charge in [-0.15, -0.1) is 11.8 Å². The lowest BCUT2D eigenvalue weighted by atomic mass is 10.1. The molecule has 0 aromatic heterocycles. The second kappa shape index (κ2) is 3.14. The highest BCUT2D eigenvalue weighted by Crippen LogP contribution is 2.31. The van der Waals surface area contributed by atoms with Gasteiger partial charge in [-0.3, -0.25) is 4.79 Å². The number of halogens is 1. The Labute approximate surface area is 80.3 Å². The molecule has 2 rings (SSSR count). The summed E-state index contributed by atoms with van der Waals surface area (Å²) in [4.78, 5) is 12.3. The molecule has 0 fully saturated rings. The number of hydrogen-bond acceptors (Lipinski definition) is 2. The van der Waals surface area contributed by atoms with Gasteiger partial charge in [0.15, 0.2) is 12.0 Å². The average Bonchev–Trinajstić information content (AvgIpc) is 2.43. The summed E-state index contributed by atoms with van der Waals surface area (Å²) < 4.78 is 13.1. The van der Waals surface area contributed by atoms with E-state index < -0.39 is 6.17 Å². The predicted molar refractivity (Wildman–Crippen MR) is 51.2 cm³/mol. The van der Waals surface area contributed by atoms with E-state index in [9.17, 15) is 9.18 Å². The van der Waals surface area contributed by atoms with Crippen molar-refractivity contribution in [3.8, 4) is 0 Å². The molecule has 1 nitrogen and oxygen atoms in total. The molecule has 0 amide bonds. The van der Waals surface area contributed by atoms with Crippen molar-refractivity contribution in [3.05, 3.63) is 29.3 Å². The van der Waals surface area contributed by atoms with Gasteiger partial charge in [0.1, 0.15) is 0 Å². The molecular weight excluding hydrogens is 187 g/mol.